The molecule has 0 radical (unpaired) electrons. The standard InChI is InChI=1S/C12H12BrClN2OS/c1-2-16-7-8(3-4-11(16)17)15-6-9-5-10(13)12(14)18-9/h3-5,7,15H,2,6H2,1H3. The number of anilines is 1. The highest BCUT2D eigenvalue weighted by Crippen LogP contribution is 2.32. The van der Waals surface area contributed by atoms with Gasteiger partial charge in [-0.15, -0.1) is 11.3 Å². The Morgan fingerprint density at radius 2 is 2.28 bits per heavy atom. The number of aryl methyl sites for hydroxylation is 1. The summed E-state index contributed by atoms with van der Waals surface area (Å²) in [7, 11) is 0. The van der Waals surface area contributed by atoms with Gasteiger partial charge in [0.25, 0.3) is 5.56 Å². The summed E-state index contributed by atoms with van der Waals surface area (Å²) in [5, 5.41) is 3.27. The number of nitrogens with one attached hydrogen (secondary N) is 1. The van der Waals surface area contributed by atoms with Crippen LogP contribution in [0.4, 0.5) is 5.69 Å². The van der Waals surface area contributed by atoms with Gasteiger partial charge in [0.15, 0.2) is 0 Å². The van der Waals surface area contributed by atoms with Crippen LogP contribution in [0.5, 0.6) is 0 Å². The Morgan fingerprint density at radius 3 is 2.89 bits per heavy atom. The first-order valence-electron chi connectivity index (χ1n) is 5.48. The Kier molecular flexibility index (Phi) is 4.48. The minimum Gasteiger partial charge on any atom is -0.379 e. The molecule has 96 valence electrons. The van der Waals surface area contributed by atoms with Crippen LogP contribution >= 0.6 is 38.9 Å². The molecule has 18 heavy (non-hydrogen) atoms. The van der Waals surface area contributed by atoms with Gasteiger partial charge in [-0.3, -0.25) is 4.79 Å². The summed E-state index contributed by atoms with van der Waals surface area (Å²) in [6.45, 7) is 3.31. The highest BCUT2D eigenvalue weighted by atomic mass is 79.9. The van der Waals surface area contributed by atoms with Crippen LogP contribution in [0.25, 0.3) is 0 Å². The maximum absolute atomic E-state index is 11.4. The van der Waals surface area contributed by atoms with Crippen molar-refractivity contribution in [2.75, 3.05) is 5.32 Å². The van der Waals surface area contributed by atoms with E-state index in [1.807, 2.05) is 19.2 Å². The van der Waals surface area contributed by atoms with Crippen LogP contribution in [0.1, 0.15) is 11.8 Å². The maximum Gasteiger partial charge on any atom is 0.250 e. The summed E-state index contributed by atoms with van der Waals surface area (Å²) < 4.78 is 3.34. The average Bonchev–Trinajstić information content (AvgIpc) is 2.68. The molecule has 0 aromatic carbocycles. The van der Waals surface area contributed by atoms with E-state index in [1.165, 1.54) is 11.3 Å². The molecule has 0 saturated heterocycles. The van der Waals surface area contributed by atoms with Gasteiger partial charge in [-0.25, -0.2) is 0 Å². The van der Waals surface area contributed by atoms with E-state index in [0.29, 0.717) is 13.1 Å². The lowest BCUT2D eigenvalue weighted by Crippen LogP contribution is -2.17. The first-order chi connectivity index (χ1) is 8.60. The Bertz CT molecular complexity index is 589. The quantitative estimate of drug-likeness (QED) is 0.908. The van der Waals surface area contributed by atoms with E-state index in [2.05, 4.69) is 21.2 Å². The second kappa shape index (κ2) is 5.91. The van der Waals surface area contributed by atoms with E-state index in [1.54, 1.807) is 16.7 Å². The summed E-state index contributed by atoms with van der Waals surface area (Å²) in [5.74, 6) is 0. The number of aromatic nitrogens is 1. The second-order valence-electron chi connectivity index (χ2n) is 3.73. The van der Waals surface area contributed by atoms with Crippen molar-refractivity contribution in [1.82, 2.24) is 4.57 Å². The number of halogens is 2. The molecule has 1 N–H and O–H groups in total. The first kappa shape index (κ1) is 13.6. The summed E-state index contributed by atoms with van der Waals surface area (Å²) in [6, 6.07) is 5.36. The lowest BCUT2D eigenvalue weighted by Gasteiger charge is -2.07. The van der Waals surface area contributed by atoms with Gasteiger partial charge in [0.05, 0.1) is 5.69 Å². The van der Waals surface area contributed by atoms with Crippen molar-refractivity contribution in [3.05, 3.63) is 48.4 Å². The smallest absolute Gasteiger partial charge is 0.250 e. The number of hydrogen-bond donors (Lipinski definition) is 1. The van der Waals surface area contributed by atoms with E-state index >= 15 is 0 Å². The fourth-order valence-electron chi connectivity index (χ4n) is 1.55. The predicted molar refractivity (Wildman–Crippen MR) is 80.7 cm³/mol. The fourth-order valence-corrected chi connectivity index (χ4v) is 3.28. The van der Waals surface area contributed by atoms with E-state index in [0.717, 1.165) is 19.4 Å². The fraction of sp³-hybridized carbons (Fsp3) is 0.250. The van der Waals surface area contributed by atoms with Crippen molar-refractivity contribution in [3.63, 3.8) is 0 Å². The van der Waals surface area contributed by atoms with Gasteiger partial charge >= 0.3 is 0 Å². The van der Waals surface area contributed by atoms with Crippen molar-refractivity contribution < 1.29 is 0 Å². The third-order valence-electron chi connectivity index (χ3n) is 2.49. The second-order valence-corrected chi connectivity index (χ2v) is 6.32. The molecule has 2 aromatic heterocycles. The summed E-state index contributed by atoms with van der Waals surface area (Å²) >= 11 is 10.9. The predicted octanol–water partition coefficient (Wildman–Crippen LogP) is 3.96. The molecule has 0 atom stereocenters. The Balaban J connectivity index is 2.08. The lowest BCUT2D eigenvalue weighted by molar-refractivity contribution is 0.728. The molecule has 3 nitrogen and oxygen atoms in total. The number of hydrogen-bond acceptors (Lipinski definition) is 3. The molecule has 0 aliphatic rings. The van der Waals surface area contributed by atoms with Gasteiger partial charge in [0.1, 0.15) is 4.34 Å². The molecule has 0 aliphatic heterocycles. The van der Waals surface area contributed by atoms with Gasteiger partial charge in [-0.05, 0) is 35.0 Å². The van der Waals surface area contributed by atoms with Crippen LogP contribution in [-0.4, -0.2) is 4.57 Å². The molecule has 0 amide bonds. The van der Waals surface area contributed by atoms with E-state index in [-0.39, 0.29) is 5.56 Å². The van der Waals surface area contributed by atoms with Crippen LogP contribution in [0.15, 0.2) is 33.7 Å². The maximum atomic E-state index is 11.4. The van der Waals surface area contributed by atoms with Crippen molar-refractivity contribution in [3.8, 4) is 0 Å². The Labute approximate surface area is 123 Å². The third kappa shape index (κ3) is 3.16. The number of nitrogens with zero attached hydrogens (tertiary/aromatic N) is 1. The molecule has 2 aromatic rings. The van der Waals surface area contributed by atoms with E-state index < -0.39 is 0 Å². The van der Waals surface area contributed by atoms with Crippen LogP contribution in [0, 0.1) is 0 Å². The van der Waals surface area contributed by atoms with Gasteiger partial charge in [-0.2, -0.15) is 0 Å². The zero-order valence-electron chi connectivity index (χ0n) is 9.74. The normalized spacial score (nSPS) is 10.6. The van der Waals surface area contributed by atoms with Gasteiger partial charge in [-0.1, -0.05) is 11.6 Å². The Morgan fingerprint density at radius 1 is 1.50 bits per heavy atom. The molecule has 0 bridgehead atoms. The number of rotatable bonds is 4. The van der Waals surface area contributed by atoms with Crippen LogP contribution in [-0.2, 0) is 13.1 Å². The van der Waals surface area contributed by atoms with Crippen molar-refractivity contribution >= 4 is 44.6 Å². The summed E-state index contributed by atoms with van der Waals surface area (Å²) in [6.07, 6.45) is 1.83. The number of thiophene rings is 1. The minimum atomic E-state index is 0.0185. The average molecular weight is 348 g/mol. The molecule has 6 heteroatoms. The van der Waals surface area contributed by atoms with Gasteiger partial charge < -0.3 is 9.88 Å². The van der Waals surface area contributed by atoms with E-state index in [4.69, 9.17) is 11.6 Å². The monoisotopic (exact) mass is 346 g/mol. The molecule has 0 fully saturated rings. The number of pyridine rings is 1. The molecule has 0 unspecified atom stereocenters. The molecule has 0 aliphatic carbocycles. The third-order valence-corrected chi connectivity index (χ3v) is 4.96. The molecule has 2 rings (SSSR count). The molecular formula is C12H12BrClN2OS. The first-order valence-corrected chi connectivity index (χ1v) is 7.47. The largest absolute Gasteiger partial charge is 0.379 e. The van der Waals surface area contributed by atoms with Crippen molar-refractivity contribution in [1.29, 1.82) is 0 Å². The van der Waals surface area contributed by atoms with E-state index in [9.17, 15) is 4.79 Å². The molecule has 0 spiro atoms. The molecular weight excluding hydrogens is 336 g/mol. The van der Waals surface area contributed by atoms with Crippen molar-refractivity contribution in [2.24, 2.45) is 0 Å². The van der Waals surface area contributed by atoms with Gasteiger partial charge in [0.2, 0.25) is 0 Å². The topological polar surface area (TPSA) is 34.0 Å². The van der Waals surface area contributed by atoms with Crippen molar-refractivity contribution in [2.45, 2.75) is 20.0 Å². The highest BCUT2D eigenvalue weighted by Gasteiger charge is 2.04. The Hall–Kier alpha value is -0.780. The van der Waals surface area contributed by atoms with Crippen LogP contribution in [0.3, 0.4) is 0 Å². The van der Waals surface area contributed by atoms with Crippen LogP contribution in [0.2, 0.25) is 4.34 Å². The molecule has 0 saturated carbocycles. The molecule has 2 heterocycles. The lowest BCUT2D eigenvalue weighted by atomic mass is 10.4. The SMILES string of the molecule is CCn1cc(NCc2cc(Br)c(Cl)s2)ccc1=O. The minimum absolute atomic E-state index is 0.0185. The summed E-state index contributed by atoms with van der Waals surface area (Å²) in [5.41, 5.74) is 0.946. The van der Waals surface area contributed by atoms with Gasteiger partial charge in [0, 0.05) is 34.7 Å². The highest BCUT2D eigenvalue weighted by molar-refractivity contribution is 9.10. The summed E-state index contributed by atoms with van der Waals surface area (Å²) in [4.78, 5) is 12.6. The zero-order chi connectivity index (χ0) is 13.1. The zero-order valence-corrected chi connectivity index (χ0v) is 12.9. The van der Waals surface area contributed by atoms with Crippen LogP contribution < -0.4 is 10.9 Å².